The van der Waals surface area contributed by atoms with Gasteiger partial charge >= 0.3 is 0 Å². The first kappa shape index (κ1) is 16.0. The van der Waals surface area contributed by atoms with Gasteiger partial charge in [0, 0.05) is 23.4 Å². The van der Waals surface area contributed by atoms with E-state index in [4.69, 9.17) is 4.98 Å². The van der Waals surface area contributed by atoms with Gasteiger partial charge in [-0.1, -0.05) is 34.6 Å². The molecule has 1 N–H and O–H groups in total. The third kappa shape index (κ3) is 4.05. The Bertz CT molecular complexity index is 424. The molecule has 0 amide bonds. The first-order valence-corrected chi connectivity index (χ1v) is 8.95. The molecule has 0 saturated heterocycles. The van der Waals surface area contributed by atoms with E-state index in [-0.39, 0.29) is 0 Å². The first-order valence-electron chi connectivity index (χ1n) is 8.13. The summed E-state index contributed by atoms with van der Waals surface area (Å²) in [5, 5.41) is 4.94. The summed E-state index contributed by atoms with van der Waals surface area (Å²) in [6.45, 7) is 12.4. The van der Waals surface area contributed by atoms with Crippen molar-refractivity contribution in [2.45, 2.75) is 85.2 Å². The molecule has 0 aliphatic heterocycles. The lowest BCUT2D eigenvalue weighted by Crippen LogP contribution is -2.21. The fraction of sp³-hybridized carbons (Fsp3) is 0.824. The van der Waals surface area contributed by atoms with Gasteiger partial charge in [0.25, 0.3) is 0 Å². The van der Waals surface area contributed by atoms with Crippen molar-refractivity contribution in [1.29, 1.82) is 0 Å². The number of nitrogens with one attached hydrogen (secondary N) is 1. The van der Waals surface area contributed by atoms with Crippen LogP contribution in [0.3, 0.4) is 0 Å². The topological polar surface area (TPSA) is 24.9 Å². The molecule has 2 rings (SSSR count). The standard InChI is InChI=1S/C17H30N2S/c1-6-14-15(11-18-12(2)3)20-16(19-14)13-7-9-17(4,5)10-8-13/h12-13,18H,6-11H2,1-5H3. The Morgan fingerprint density at radius 1 is 1.30 bits per heavy atom. The van der Waals surface area contributed by atoms with Crippen LogP contribution in [0.4, 0.5) is 0 Å². The van der Waals surface area contributed by atoms with E-state index in [0.29, 0.717) is 17.4 Å². The van der Waals surface area contributed by atoms with E-state index in [2.05, 4.69) is 39.9 Å². The fourth-order valence-corrected chi connectivity index (χ4v) is 4.21. The van der Waals surface area contributed by atoms with Gasteiger partial charge in [-0.15, -0.1) is 11.3 Å². The quantitative estimate of drug-likeness (QED) is 0.836. The Hall–Kier alpha value is -0.410. The summed E-state index contributed by atoms with van der Waals surface area (Å²) in [6.07, 6.45) is 6.39. The van der Waals surface area contributed by atoms with Gasteiger partial charge in [0.2, 0.25) is 0 Å². The minimum absolute atomic E-state index is 0.542. The summed E-state index contributed by atoms with van der Waals surface area (Å²) in [4.78, 5) is 6.42. The summed E-state index contributed by atoms with van der Waals surface area (Å²) in [6, 6.07) is 0.542. The molecule has 0 atom stereocenters. The minimum Gasteiger partial charge on any atom is -0.310 e. The smallest absolute Gasteiger partial charge is 0.0962 e. The molecule has 114 valence electrons. The number of nitrogens with zero attached hydrogens (tertiary/aromatic N) is 1. The Morgan fingerprint density at radius 3 is 2.50 bits per heavy atom. The molecule has 1 saturated carbocycles. The van der Waals surface area contributed by atoms with Crippen molar-refractivity contribution < 1.29 is 0 Å². The van der Waals surface area contributed by atoms with Crippen molar-refractivity contribution in [3.8, 4) is 0 Å². The van der Waals surface area contributed by atoms with Gasteiger partial charge in [-0.2, -0.15) is 0 Å². The van der Waals surface area contributed by atoms with Gasteiger partial charge in [0.15, 0.2) is 0 Å². The molecule has 2 nitrogen and oxygen atoms in total. The van der Waals surface area contributed by atoms with Gasteiger partial charge < -0.3 is 5.32 Å². The maximum atomic E-state index is 4.96. The molecule has 1 aliphatic rings. The number of hydrogen-bond acceptors (Lipinski definition) is 3. The van der Waals surface area contributed by atoms with E-state index >= 15 is 0 Å². The molecule has 0 bridgehead atoms. The number of hydrogen-bond donors (Lipinski definition) is 1. The average Bonchev–Trinajstić information content (AvgIpc) is 2.79. The average molecular weight is 295 g/mol. The van der Waals surface area contributed by atoms with Crippen LogP contribution in [0, 0.1) is 5.41 Å². The van der Waals surface area contributed by atoms with Crippen LogP contribution < -0.4 is 5.32 Å². The zero-order chi connectivity index (χ0) is 14.8. The van der Waals surface area contributed by atoms with Crippen LogP contribution in [0.15, 0.2) is 0 Å². The maximum absolute atomic E-state index is 4.96. The normalized spacial score (nSPS) is 19.7. The number of rotatable bonds is 5. The molecular weight excluding hydrogens is 264 g/mol. The molecule has 1 aromatic heterocycles. The van der Waals surface area contributed by atoms with E-state index < -0.39 is 0 Å². The van der Waals surface area contributed by atoms with E-state index in [1.807, 2.05) is 11.3 Å². The molecule has 1 heterocycles. The van der Waals surface area contributed by atoms with Crippen LogP contribution in [-0.2, 0) is 13.0 Å². The highest BCUT2D eigenvalue weighted by molar-refractivity contribution is 7.11. The van der Waals surface area contributed by atoms with Crippen molar-refractivity contribution in [3.05, 3.63) is 15.6 Å². The van der Waals surface area contributed by atoms with Crippen molar-refractivity contribution >= 4 is 11.3 Å². The first-order chi connectivity index (χ1) is 9.41. The molecule has 0 aromatic carbocycles. The number of aryl methyl sites for hydroxylation is 1. The van der Waals surface area contributed by atoms with Crippen molar-refractivity contribution in [2.75, 3.05) is 0 Å². The Labute approximate surface area is 128 Å². The van der Waals surface area contributed by atoms with Crippen LogP contribution >= 0.6 is 11.3 Å². The van der Waals surface area contributed by atoms with Crippen LogP contribution in [0.1, 0.15) is 81.8 Å². The van der Waals surface area contributed by atoms with E-state index in [9.17, 15) is 0 Å². The second-order valence-electron chi connectivity index (χ2n) is 7.25. The molecule has 0 radical (unpaired) electrons. The molecule has 20 heavy (non-hydrogen) atoms. The highest BCUT2D eigenvalue weighted by Crippen LogP contribution is 2.43. The van der Waals surface area contributed by atoms with Crippen molar-refractivity contribution in [3.63, 3.8) is 0 Å². The maximum Gasteiger partial charge on any atom is 0.0962 e. The zero-order valence-electron chi connectivity index (χ0n) is 13.8. The highest BCUT2D eigenvalue weighted by Gasteiger charge is 2.29. The third-order valence-electron chi connectivity index (χ3n) is 4.49. The van der Waals surface area contributed by atoms with Gasteiger partial charge in [-0.05, 0) is 37.5 Å². The number of aromatic nitrogens is 1. The molecular formula is C17H30N2S. The summed E-state index contributed by atoms with van der Waals surface area (Å²) < 4.78 is 0. The summed E-state index contributed by atoms with van der Waals surface area (Å²) in [5.74, 6) is 0.714. The largest absolute Gasteiger partial charge is 0.310 e. The summed E-state index contributed by atoms with van der Waals surface area (Å²) in [5.41, 5.74) is 1.87. The lowest BCUT2D eigenvalue weighted by atomic mass is 9.73. The molecule has 1 fully saturated rings. The third-order valence-corrected chi connectivity index (χ3v) is 5.75. The molecule has 0 unspecified atom stereocenters. The van der Waals surface area contributed by atoms with Crippen LogP contribution in [0.5, 0.6) is 0 Å². The Balaban J connectivity index is 2.05. The van der Waals surface area contributed by atoms with E-state index in [0.717, 1.165) is 13.0 Å². The predicted octanol–water partition coefficient (Wildman–Crippen LogP) is 4.89. The van der Waals surface area contributed by atoms with Gasteiger partial charge in [0.05, 0.1) is 10.7 Å². The van der Waals surface area contributed by atoms with E-state index in [1.165, 1.54) is 41.3 Å². The zero-order valence-corrected chi connectivity index (χ0v) is 14.6. The van der Waals surface area contributed by atoms with Gasteiger partial charge in [0.1, 0.15) is 0 Å². The van der Waals surface area contributed by atoms with Gasteiger partial charge in [-0.3, -0.25) is 0 Å². The Kier molecular flexibility index (Phi) is 5.25. The summed E-state index contributed by atoms with van der Waals surface area (Å²) >= 11 is 1.96. The summed E-state index contributed by atoms with van der Waals surface area (Å²) in [7, 11) is 0. The van der Waals surface area contributed by atoms with Crippen LogP contribution in [0.25, 0.3) is 0 Å². The SMILES string of the molecule is CCc1nc(C2CCC(C)(C)CC2)sc1CNC(C)C. The molecule has 1 aliphatic carbocycles. The lowest BCUT2D eigenvalue weighted by Gasteiger charge is -2.33. The fourth-order valence-electron chi connectivity index (χ4n) is 2.94. The minimum atomic E-state index is 0.542. The van der Waals surface area contributed by atoms with Crippen molar-refractivity contribution in [1.82, 2.24) is 10.3 Å². The Morgan fingerprint density at radius 2 is 1.95 bits per heavy atom. The second-order valence-corrected chi connectivity index (χ2v) is 8.36. The highest BCUT2D eigenvalue weighted by atomic mass is 32.1. The van der Waals surface area contributed by atoms with E-state index in [1.54, 1.807) is 0 Å². The van der Waals surface area contributed by atoms with Gasteiger partial charge in [-0.25, -0.2) is 4.98 Å². The molecule has 0 spiro atoms. The molecule has 1 aromatic rings. The number of thiazole rings is 1. The van der Waals surface area contributed by atoms with Crippen LogP contribution in [0.2, 0.25) is 0 Å². The monoisotopic (exact) mass is 294 g/mol. The molecule has 3 heteroatoms. The second kappa shape index (κ2) is 6.57. The van der Waals surface area contributed by atoms with Crippen molar-refractivity contribution in [2.24, 2.45) is 5.41 Å². The lowest BCUT2D eigenvalue weighted by molar-refractivity contribution is 0.224. The van der Waals surface area contributed by atoms with Crippen LogP contribution in [-0.4, -0.2) is 11.0 Å². The predicted molar refractivity (Wildman–Crippen MR) is 88.5 cm³/mol.